The van der Waals surface area contributed by atoms with Gasteiger partial charge in [0.05, 0.1) is 19.9 Å². The van der Waals surface area contributed by atoms with E-state index in [9.17, 15) is 0 Å². The molecule has 2 aromatic rings. The van der Waals surface area contributed by atoms with Gasteiger partial charge >= 0.3 is 0 Å². The summed E-state index contributed by atoms with van der Waals surface area (Å²) >= 11 is 12.3. The van der Waals surface area contributed by atoms with Crippen molar-refractivity contribution in [2.24, 2.45) is 0 Å². The third-order valence-corrected chi connectivity index (χ3v) is 3.99. The second-order valence-corrected chi connectivity index (χ2v) is 5.39. The van der Waals surface area contributed by atoms with Gasteiger partial charge in [0.2, 0.25) is 0 Å². The van der Waals surface area contributed by atoms with E-state index in [0.29, 0.717) is 22.3 Å². The Kier molecular flexibility index (Phi) is 5.21. The van der Waals surface area contributed by atoms with Gasteiger partial charge in [0.25, 0.3) is 0 Å². The Labute approximate surface area is 134 Å². The van der Waals surface area contributed by atoms with Crippen LogP contribution in [0, 0.1) is 6.92 Å². The summed E-state index contributed by atoms with van der Waals surface area (Å²) in [6, 6.07) is 9.32. The van der Waals surface area contributed by atoms with Crippen LogP contribution in [0.3, 0.4) is 0 Å². The van der Waals surface area contributed by atoms with E-state index in [4.69, 9.17) is 32.7 Å². The first-order valence-electron chi connectivity index (χ1n) is 6.46. The second kappa shape index (κ2) is 6.92. The first kappa shape index (κ1) is 15.8. The largest absolute Gasteiger partial charge is 0.496 e. The van der Waals surface area contributed by atoms with Crippen LogP contribution >= 0.6 is 23.2 Å². The van der Waals surface area contributed by atoms with Gasteiger partial charge in [-0.15, -0.1) is 0 Å². The van der Waals surface area contributed by atoms with Crippen LogP contribution in [0.15, 0.2) is 30.3 Å². The highest BCUT2D eigenvalue weighted by atomic mass is 35.5. The van der Waals surface area contributed by atoms with Gasteiger partial charge in [-0.2, -0.15) is 0 Å². The fourth-order valence-electron chi connectivity index (χ4n) is 2.06. The molecule has 0 aromatic heterocycles. The number of ether oxygens (including phenoxy) is 2. The van der Waals surface area contributed by atoms with Crippen LogP contribution in [0.25, 0.3) is 0 Å². The van der Waals surface area contributed by atoms with Crippen LogP contribution < -0.4 is 14.8 Å². The van der Waals surface area contributed by atoms with E-state index in [1.165, 1.54) is 0 Å². The van der Waals surface area contributed by atoms with Crippen molar-refractivity contribution in [2.45, 2.75) is 13.5 Å². The topological polar surface area (TPSA) is 30.5 Å². The summed E-state index contributed by atoms with van der Waals surface area (Å²) in [5.74, 6) is 1.44. The minimum Gasteiger partial charge on any atom is -0.496 e. The molecule has 0 bridgehead atoms. The highest BCUT2D eigenvalue weighted by Crippen LogP contribution is 2.33. The molecule has 2 rings (SSSR count). The molecule has 112 valence electrons. The highest BCUT2D eigenvalue weighted by molar-refractivity contribution is 6.32. The molecule has 1 N–H and O–H groups in total. The number of aryl methyl sites for hydroxylation is 1. The first-order chi connectivity index (χ1) is 10.1. The van der Waals surface area contributed by atoms with Crippen molar-refractivity contribution in [1.29, 1.82) is 0 Å². The zero-order valence-corrected chi connectivity index (χ0v) is 13.7. The molecule has 0 atom stereocenters. The number of nitrogens with one attached hydrogen (secondary N) is 1. The molecule has 5 heteroatoms. The van der Waals surface area contributed by atoms with Gasteiger partial charge in [0, 0.05) is 28.2 Å². The molecule has 0 heterocycles. The zero-order chi connectivity index (χ0) is 15.4. The minimum absolute atomic E-state index is 0.528. The molecule has 0 aliphatic heterocycles. The average molecular weight is 326 g/mol. The summed E-state index contributed by atoms with van der Waals surface area (Å²) in [6.45, 7) is 2.48. The summed E-state index contributed by atoms with van der Waals surface area (Å²) in [7, 11) is 3.24. The van der Waals surface area contributed by atoms with Crippen LogP contribution in [0.5, 0.6) is 11.5 Å². The molecule has 0 saturated carbocycles. The molecule has 0 unspecified atom stereocenters. The van der Waals surface area contributed by atoms with Crippen LogP contribution in [0.4, 0.5) is 5.69 Å². The van der Waals surface area contributed by atoms with Crippen LogP contribution in [0.1, 0.15) is 11.1 Å². The van der Waals surface area contributed by atoms with E-state index in [0.717, 1.165) is 22.6 Å². The smallest absolute Gasteiger partial charge is 0.143 e. The van der Waals surface area contributed by atoms with Gasteiger partial charge in [0.15, 0.2) is 0 Å². The quantitative estimate of drug-likeness (QED) is 0.845. The minimum atomic E-state index is 0.528. The van der Waals surface area contributed by atoms with Crippen molar-refractivity contribution in [2.75, 3.05) is 19.5 Å². The number of halogens is 2. The van der Waals surface area contributed by atoms with Crippen molar-refractivity contribution in [3.63, 3.8) is 0 Å². The SMILES string of the molecule is COc1cc(Cl)c(C)cc1NCc1c(Cl)cccc1OC. The highest BCUT2D eigenvalue weighted by Gasteiger charge is 2.10. The van der Waals surface area contributed by atoms with Gasteiger partial charge in [-0.25, -0.2) is 0 Å². The molecule has 0 radical (unpaired) electrons. The van der Waals surface area contributed by atoms with Crippen LogP contribution in [0.2, 0.25) is 10.0 Å². The number of hydrogen-bond acceptors (Lipinski definition) is 3. The third kappa shape index (κ3) is 3.55. The molecular formula is C16H17Cl2NO2. The molecule has 0 aliphatic carbocycles. The van der Waals surface area contributed by atoms with Crippen molar-refractivity contribution in [3.05, 3.63) is 51.5 Å². The maximum absolute atomic E-state index is 6.23. The van der Waals surface area contributed by atoms with Crippen LogP contribution in [-0.4, -0.2) is 14.2 Å². The Morgan fingerprint density at radius 3 is 2.38 bits per heavy atom. The normalized spacial score (nSPS) is 10.3. The van der Waals surface area contributed by atoms with Crippen molar-refractivity contribution in [1.82, 2.24) is 0 Å². The molecule has 0 aliphatic rings. The fourth-order valence-corrected chi connectivity index (χ4v) is 2.44. The Balaban J connectivity index is 2.26. The third-order valence-electron chi connectivity index (χ3n) is 3.23. The number of hydrogen-bond donors (Lipinski definition) is 1. The Morgan fingerprint density at radius 2 is 1.71 bits per heavy atom. The second-order valence-electron chi connectivity index (χ2n) is 4.58. The predicted molar refractivity (Wildman–Crippen MR) is 88.1 cm³/mol. The van der Waals surface area contributed by atoms with E-state index in [1.54, 1.807) is 20.3 Å². The molecule has 0 saturated heterocycles. The van der Waals surface area contributed by atoms with Gasteiger partial charge in [-0.3, -0.25) is 0 Å². The molecule has 0 amide bonds. The molecule has 3 nitrogen and oxygen atoms in total. The summed E-state index contributed by atoms with van der Waals surface area (Å²) in [5.41, 5.74) is 2.74. The van der Waals surface area contributed by atoms with Gasteiger partial charge in [0.1, 0.15) is 11.5 Å². The maximum atomic E-state index is 6.23. The lowest BCUT2D eigenvalue weighted by Crippen LogP contribution is -2.04. The Bertz CT molecular complexity index is 644. The van der Waals surface area contributed by atoms with Crippen molar-refractivity contribution in [3.8, 4) is 11.5 Å². The summed E-state index contributed by atoms with van der Waals surface area (Å²) in [4.78, 5) is 0. The molecule has 0 fully saturated rings. The first-order valence-corrected chi connectivity index (χ1v) is 7.21. The van der Waals surface area contributed by atoms with Gasteiger partial charge in [-0.1, -0.05) is 29.3 Å². The number of methoxy groups -OCH3 is 2. The summed E-state index contributed by atoms with van der Waals surface area (Å²) < 4.78 is 10.7. The van der Waals surface area contributed by atoms with Crippen molar-refractivity contribution < 1.29 is 9.47 Å². The molecule has 2 aromatic carbocycles. The van der Waals surface area contributed by atoms with Crippen molar-refractivity contribution >= 4 is 28.9 Å². The van der Waals surface area contributed by atoms with E-state index < -0.39 is 0 Å². The number of benzene rings is 2. The molecule has 0 spiro atoms. The predicted octanol–water partition coefficient (Wildman–Crippen LogP) is 4.93. The Morgan fingerprint density at radius 1 is 1.00 bits per heavy atom. The van der Waals surface area contributed by atoms with E-state index in [2.05, 4.69) is 5.32 Å². The summed E-state index contributed by atoms with van der Waals surface area (Å²) in [5, 5.41) is 4.65. The fraction of sp³-hybridized carbons (Fsp3) is 0.250. The Hall–Kier alpha value is -1.58. The van der Waals surface area contributed by atoms with E-state index >= 15 is 0 Å². The van der Waals surface area contributed by atoms with E-state index in [-0.39, 0.29) is 0 Å². The number of rotatable bonds is 5. The standard InChI is InChI=1S/C16H17Cl2NO2/c1-10-7-14(16(21-3)8-13(10)18)19-9-11-12(17)5-4-6-15(11)20-2/h4-8,19H,9H2,1-3H3. The van der Waals surface area contributed by atoms with Gasteiger partial charge < -0.3 is 14.8 Å². The average Bonchev–Trinajstić information content (AvgIpc) is 2.48. The lowest BCUT2D eigenvalue weighted by atomic mass is 10.1. The monoisotopic (exact) mass is 325 g/mol. The van der Waals surface area contributed by atoms with Gasteiger partial charge in [-0.05, 0) is 30.7 Å². The number of anilines is 1. The molecule has 21 heavy (non-hydrogen) atoms. The lowest BCUT2D eigenvalue weighted by Gasteiger charge is -2.15. The summed E-state index contributed by atoms with van der Waals surface area (Å²) in [6.07, 6.45) is 0. The lowest BCUT2D eigenvalue weighted by molar-refractivity contribution is 0.409. The van der Waals surface area contributed by atoms with E-state index in [1.807, 2.05) is 31.2 Å². The maximum Gasteiger partial charge on any atom is 0.143 e. The zero-order valence-electron chi connectivity index (χ0n) is 12.2. The molecular weight excluding hydrogens is 309 g/mol. The van der Waals surface area contributed by atoms with Crippen LogP contribution in [-0.2, 0) is 6.54 Å².